The average Bonchev–Trinajstić information content (AvgIpc) is 2.48. The second-order valence-electron chi connectivity index (χ2n) is 3.88. The Morgan fingerprint density at radius 2 is 1.95 bits per heavy atom. The lowest BCUT2D eigenvalue weighted by Gasteiger charge is -2.08. The number of benzene rings is 1. The number of ether oxygens (including phenoxy) is 1. The Hall–Kier alpha value is -2.08. The number of carboxylic acids is 1. The van der Waals surface area contributed by atoms with E-state index in [-0.39, 0.29) is 5.56 Å². The first-order valence-electron chi connectivity index (χ1n) is 6.12. The summed E-state index contributed by atoms with van der Waals surface area (Å²) in [5.41, 5.74) is 0.187. The van der Waals surface area contributed by atoms with Crippen molar-refractivity contribution >= 4 is 17.7 Å². The molecule has 104 valence electrons. The van der Waals surface area contributed by atoms with E-state index in [1.54, 1.807) is 48.4 Å². The van der Waals surface area contributed by atoms with E-state index >= 15 is 0 Å². The molecular weight excluding hydrogens is 276 g/mol. The first-order valence-corrected chi connectivity index (χ1v) is 7.11. The molecule has 0 aliphatic carbocycles. The van der Waals surface area contributed by atoms with Gasteiger partial charge in [0.1, 0.15) is 11.3 Å². The number of thioether (sulfide) groups is 1. The van der Waals surface area contributed by atoms with Gasteiger partial charge in [-0.05, 0) is 24.6 Å². The number of rotatable bonds is 7. The summed E-state index contributed by atoms with van der Waals surface area (Å²) in [5.74, 6) is 0.243. The van der Waals surface area contributed by atoms with E-state index in [9.17, 15) is 4.79 Å². The first kappa shape index (κ1) is 14.3. The molecule has 5 nitrogen and oxygen atoms in total. The monoisotopic (exact) mass is 290 g/mol. The van der Waals surface area contributed by atoms with E-state index in [1.165, 1.54) is 6.07 Å². The summed E-state index contributed by atoms with van der Waals surface area (Å²) in [6.45, 7) is 0.462. The van der Waals surface area contributed by atoms with E-state index < -0.39 is 5.97 Å². The molecule has 0 radical (unpaired) electrons. The van der Waals surface area contributed by atoms with Gasteiger partial charge in [-0.2, -0.15) is 0 Å². The molecule has 0 saturated carbocycles. The molecule has 0 atom stereocenters. The van der Waals surface area contributed by atoms with Gasteiger partial charge in [0, 0.05) is 18.1 Å². The summed E-state index contributed by atoms with van der Waals surface area (Å²) in [7, 11) is 0. The van der Waals surface area contributed by atoms with Gasteiger partial charge in [0.2, 0.25) is 0 Å². The zero-order valence-electron chi connectivity index (χ0n) is 10.7. The molecule has 0 aliphatic heterocycles. The second-order valence-corrected chi connectivity index (χ2v) is 4.95. The Bertz CT molecular complexity index is 563. The van der Waals surface area contributed by atoms with E-state index in [2.05, 4.69) is 9.97 Å². The summed E-state index contributed by atoms with van der Waals surface area (Å²) in [4.78, 5) is 19.2. The molecule has 2 aromatic rings. The molecule has 20 heavy (non-hydrogen) atoms. The van der Waals surface area contributed by atoms with E-state index in [0.717, 1.165) is 17.3 Å². The second kappa shape index (κ2) is 7.49. The lowest BCUT2D eigenvalue weighted by Crippen LogP contribution is -2.05. The Morgan fingerprint density at radius 3 is 2.70 bits per heavy atom. The summed E-state index contributed by atoms with van der Waals surface area (Å²) >= 11 is 1.55. The smallest absolute Gasteiger partial charge is 0.339 e. The largest absolute Gasteiger partial charge is 0.493 e. The van der Waals surface area contributed by atoms with Crippen LogP contribution < -0.4 is 4.74 Å². The number of para-hydroxylation sites is 1. The Morgan fingerprint density at radius 1 is 1.20 bits per heavy atom. The summed E-state index contributed by atoms with van der Waals surface area (Å²) < 4.78 is 5.50. The highest BCUT2D eigenvalue weighted by Crippen LogP contribution is 2.18. The molecule has 1 aromatic carbocycles. The predicted molar refractivity (Wildman–Crippen MR) is 76.3 cm³/mol. The molecule has 0 spiro atoms. The van der Waals surface area contributed by atoms with E-state index in [4.69, 9.17) is 9.84 Å². The zero-order chi connectivity index (χ0) is 14.2. The maximum Gasteiger partial charge on any atom is 0.339 e. The van der Waals surface area contributed by atoms with Gasteiger partial charge < -0.3 is 9.84 Å². The fourth-order valence-electron chi connectivity index (χ4n) is 1.53. The van der Waals surface area contributed by atoms with Crippen molar-refractivity contribution in [3.63, 3.8) is 0 Å². The average molecular weight is 290 g/mol. The molecule has 0 bridgehead atoms. The molecule has 2 rings (SSSR count). The van der Waals surface area contributed by atoms with E-state index in [1.807, 2.05) is 0 Å². The van der Waals surface area contributed by atoms with Crippen LogP contribution in [0.25, 0.3) is 0 Å². The Balaban J connectivity index is 1.75. The van der Waals surface area contributed by atoms with Crippen molar-refractivity contribution in [2.75, 3.05) is 12.4 Å². The minimum absolute atomic E-state index is 0.187. The maximum atomic E-state index is 11.0. The van der Waals surface area contributed by atoms with Crippen LogP contribution >= 0.6 is 11.8 Å². The minimum atomic E-state index is -0.979. The number of hydrogen-bond acceptors (Lipinski definition) is 5. The molecule has 1 aromatic heterocycles. The standard InChI is InChI=1S/C14H14N2O3S/c17-13(18)11-5-1-2-6-12(11)19-9-4-10-20-14-15-7-3-8-16-14/h1-3,5-8H,4,9-10H2,(H,17,18). The molecular formula is C14H14N2O3S. The van der Waals surface area contributed by atoms with Gasteiger partial charge in [0.15, 0.2) is 5.16 Å². The van der Waals surface area contributed by atoms with Crippen LogP contribution in [0.15, 0.2) is 47.9 Å². The summed E-state index contributed by atoms with van der Waals surface area (Å²) in [5, 5.41) is 9.75. The Kier molecular flexibility index (Phi) is 5.37. The zero-order valence-corrected chi connectivity index (χ0v) is 11.5. The van der Waals surface area contributed by atoms with Gasteiger partial charge in [0.05, 0.1) is 6.61 Å². The SMILES string of the molecule is O=C(O)c1ccccc1OCCCSc1ncccn1. The van der Waals surface area contributed by atoms with Crippen molar-refractivity contribution in [2.45, 2.75) is 11.6 Å². The van der Waals surface area contributed by atoms with Crippen molar-refractivity contribution in [2.24, 2.45) is 0 Å². The lowest BCUT2D eigenvalue weighted by molar-refractivity contribution is 0.0692. The fourth-order valence-corrected chi connectivity index (χ4v) is 2.25. The molecule has 1 heterocycles. The van der Waals surface area contributed by atoms with Crippen LogP contribution in [-0.4, -0.2) is 33.4 Å². The Labute approximate surface area is 121 Å². The van der Waals surface area contributed by atoms with Crippen LogP contribution in [0.3, 0.4) is 0 Å². The fraction of sp³-hybridized carbons (Fsp3) is 0.214. The van der Waals surface area contributed by atoms with Crippen LogP contribution in [0.1, 0.15) is 16.8 Å². The van der Waals surface area contributed by atoms with Crippen LogP contribution in [0.2, 0.25) is 0 Å². The molecule has 0 saturated heterocycles. The highest BCUT2D eigenvalue weighted by Gasteiger charge is 2.09. The number of aromatic carboxylic acids is 1. The number of aromatic nitrogens is 2. The third-order valence-electron chi connectivity index (χ3n) is 2.44. The third kappa shape index (κ3) is 4.24. The predicted octanol–water partition coefficient (Wildman–Crippen LogP) is 2.74. The maximum absolute atomic E-state index is 11.0. The van der Waals surface area contributed by atoms with Crippen molar-refractivity contribution in [3.05, 3.63) is 48.3 Å². The lowest BCUT2D eigenvalue weighted by atomic mass is 10.2. The van der Waals surface area contributed by atoms with Crippen molar-refractivity contribution in [1.82, 2.24) is 9.97 Å². The van der Waals surface area contributed by atoms with Crippen LogP contribution in [-0.2, 0) is 0 Å². The van der Waals surface area contributed by atoms with Crippen LogP contribution in [0.5, 0.6) is 5.75 Å². The highest BCUT2D eigenvalue weighted by molar-refractivity contribution is 7.99. The number of carboxylic acid groups (broad SMARTS) is 1. The number of carbonyl (C=O) groups is 1. The molecule has 0 fully saturated rings. The van der Waals surface area contributed by atoms with Gasteiger partial charge in [-0.25, -0.2) is 14.8 Å². The van der Waals surface area contributed by atoms with Gasteiger partial charge in [-0.1, -0.05) is 23.9 Å². The van der Waals surface area contributed by atoms with Crippen molar-refractivity contribution in [3.8, 4) is 5.75 Å². The van der Waals surface area contributed by atoms with Crippen LogP contribution in [0.4, 0.5) is 0 Å². The number of nitrogens with zero attached hydrogens (tertiary/aromatic N) is 2. The summed E-state index contributed by atoms with van der Waals surface area (Å²) in [6, 6.07) is 8.41. The topological polar surface area (TPSA) is 72.3 Å². The molecule has 0 aliphatic rings. The quantitative estimate of drug-likeness (QED) is 0.480. The molecule has 0 unspecified atom stereocenters. The third-order valence-corrected chi connectivity index (χ3v) is 3.40. The van der Waals surface area contributed by atoms with Gasteiger partial charge in [-0.3, -0.25) is 0 Å². The molecule has 0 amide bonds. The van der Waals surface area contributed by atoms with Crippen molar-refractivity contribution in [1.29, 1.82) is 0 Å². The molecule has 1 N–H and O–H groups in total. The summed E-state index contributed by atoms with van der Waals surface area (Å²) in [6.07, 6.45) is 4.20. The minimum Gasteiger partial charge on any atom is -0.493 e. The van der Waals surface area contributed by atoms with Gasteiger partial charge in [0.25, 0.3) is 0 Å². The molecule has 6 heteroatoms. The highest BCUT2D eigenvalue weighted by atomic mass is 32.2. The van der Waals surface area contributed by atoms with Gasteiger partial charge >= 0.3 is 5.97 Å². The van der Waals surface area contributed by atoms with Crippen molar-refractivity contribution < 1.29 is 14.6 Å². The normalized spacial score (nSPS) is 10.2. The number of hydrogen-bond donors (Lipinski definition) is 1. The van der Waals surface area contributed by atoms with E-state index in [0.29, 0.717) is 12.4 Å². The van der Waals surface area contributed by atoms with Crippen LogP contribution in [0, 0.1) is 0 Å². The first-order chi connectivity index (χ1) is 9.77. The van der Waals surface area contributed by atoms with Gasteiger partial charge in [-0.15, -0.1) is 0 Å².